The Kier molecular flexibility index (Phi) is 4.65. The van der Waals surface area contributed by atoms with Crippen LogP contribution in [0.15, 0.2) is 18.2 Å². The molecule has 1 aromatic carbocycles. The molecule has 2 rings (SSSR count). The molecular weight excluding hydrogens is 222 g/mol. The zero-order chi connectivity index (χ0) is 13.0. The fraction of sp³-hybridized carbons (Fsp3) is 0.625. The van der Waals surface area contributed by atoms with E-state index in [1.54, 1.807) is 0 Å². The molecule has 1 aliphatic carbocycles. The maximum atomic E-state index is 6.23. The van der Waals surface area contributed by atoms with Gasteiger partial charge >= 0.3 is 0 Å². The Hall–Kier alpha value is -1.02. The van der Waals surface area contributed by atoms with E-state index in [1.807, 2.05) is 6.92 Å². The third-order valence-corrected chi connectivity index (χ3v) is 3.76. The number of nitrogens with two attached hydrogens (primary N) is 1. The largest absolute Gasteiger partial charge is 0.490 e. The Labute approximate surface area is 111 Å². The summed E-state index contributed by atoms with van der Waals surface area (Å²) in [6.45, 7) is 4.12. The molecule has 1 fully saturated rings. The van der Waals surface area contributed by atoms with Crippen LogP contribution in [0.5, 0.6) is 5.75 Å². The normalized spacial score (nSPS) is 19.3. The predicted octanol–water partition coefficient (Wildman–Crippen LogP) is 4.12. The first-order chi connectivity index (χ1) is 8.66. The van der Waals surface area contributed by atoms with Gasteiger partial charge in [0, 0.05) is 11.6 Å². The first-order valence-corrected chi connectivity index (χ1v) is 7.19. The lowest BCUT2D eigenvalue weighted by Gasteiger charge is -2.21. The molecule has 0 unspecified atom stereocenters. The lowest BCUT2D eigenvalue weighted by molar-refractivity contribution is 0.181. The second-order valence-electron chi connectivity index (χ2n) is 5.56. The number of benzene rings is 1. The number of rotatable bonds is 3. The molecule has 0 bridgehead atoms. The number of aryl methyl sites for hydroxylation is 1. The molecule has 0 saturated heterocycles. The minimum absolute atomic E-state index is 0.0337. The highest BCUT2D eigenvalue weighted by molar-refractivity contribution is 5.39. The lowest BCUT2D eigenvalue weighted by atomic mass is 10.1. The Bertz CT molecular complexity index is 379. The van der Waals surface area contributed by atoms with Crippen molar-refractivity contribution in [1.82, 2.24) is 0 Å². The van der Waals surface area contributed by atoms with Crippen molar-refractivity contribution in [1.29, 1.82) is 0 Å². The molecule has 0 aromatic heterocycles. The topological polar surface area (TPSA) is 35.2 Å². The van der Waals surface area contributed by atoms with E-state index >= 15 is 0 Å². The average molecular weight is 247 g/mol. The average Bonchev–Trinajstić information content (AvgIpc) is 2.57. The van der Waals surface area contributed by atoms with E-state index in [4.69, 9.17) is 10.5 Å². The van der Waals surface area contributed by atoms with Crippen LogP contribution in [0, 0.1) is 6.92 Å². The fourth-order valence-electron chi connectivity index (χ4n) is 2.66. The second kappa shape index (κ2) is 6.24. The molecule has 2 N–H and O–H groups in total. The Morgan fingerprint density at radius 2 is 1.83 bits per heavy atom. The quantitative estimate of drug-likeness (QED) is 0.816. The van der Waals surface area contributed by atoms with Gasteiger partial charge in [0.1, 0.15) is 5.75 Å². The first-order valence-electron chi connectivity index (χ1n) is 7.19. The summed E-state index contributed by atoms with van der Waals surface area (Å²) in [5, 5.41) is 0. The number of ether oxygens (including phenoxy) is 1. The van der Waals surface area contributed by atoms with Crippen LogP contribution in [0.25, 0.3) is 0 Å². The zero-order valence-corrected chi connectivity index (χ0v) is 11.6. The van der Waals surface area contributed by atoms with Gasteiger partial charge in [0.2, 0.25) is 0 Å². The van der Waals surface area contributed by atoms with Crippen LogP contribution in [0.3, 0.4) is 0 Å². The summed E-state index contributed by atoms with van der Waals surface area (Å²) < 4.78 is 6.23. The van der Waals surface area contributed by atoms with Gasteiger partial charge in [-0.3, -0.25) is 0 Å². The van der Waals surface area contributed by atoms with E-state index in [1.165, 1.54) is 44.1 Å². The van der Waals surface area contributed by atoms with Crippen LogP contribution >= 0.6 is 0 Å². The van der Waals surface area contributed by atoms with Crippen LogP contribution in [-0.2, 0) is 0 Å². The molecule has 18 heavy (non-hydrogen) atoms. The van der Waals surface area contributed by atoms with Crippen molar-refractivity contribution in [3.8, 4) is 5.75 Å². The molecule has 2 heteroatoms. The smallest absolute Gasteiger partial charge is 0.124 e. The molecule has 0 radical (unpaired) electrons. The van der Waals surface area contributed by atoms with Gasteiger partial charge in [-0.15, -0.1) is 0 Å². The van der Waals surface area contributed by atoms with E-state index in [0.717, 1.165) is 11.3 Å². The molecule has 0 amide bonds. The van der Waals surface area contributed by atoms with E-state index < -0.39 is 0 Å². The minimum Gasteiger partial charge on any atom is -0.490 e. The van der Waals surface area contributed by atoms with Gasteiger partial charge < -0.3 is 10.5 Å². The van der Waals surface area contributed by atoms with Crippen LogP contribution in [0.2, 0.25) is 0 Å². The first kappa shape index (κ1) is 13.4. The molecule has 1 aromatic rings. The number of hydrogen-bond acceptors (Lipinski definition) is 2. The summed E-state index contributed by atoms with van der Waals surface area (Å²) in [6.07, 6.45) is 8.06. The van der Waals surface area contributed by atoms with Crippen molar-refractivity contribution >= 4 is 0 Å². The van der Waals surface area contributed by atoms with Gasteiger partial charge in [0.25, 0.3) is 0 Å². The molecular formula is C16H25NO. The third-order valence-electron chi connectivity index (χ3n) is 3.76. The minimum atomic E-state index is 0.0337. The molecule has 1 saturated carbocycles. The molecule has 100 valence electrons. The van der Waals surface area contributed by atoms with Crippen molar-refractivity contribution in [3.05, 3.63) is 29.3 Å². The predicted molar refractivity (Wildman–Crippen MR) is 75.9 cm³/mol. The summed E-state index contributed by atoms with van der Waals surface area (Å²) in [6, 6.07) is 6.38. The lowest BCUT2D eigenvalue weighted by Crippen LogP contribution is -2.17. The molecule has 1 aliphatic rings. The summed E-state index contributed by atoms with van der Waals surface area (Å²) in [4.78, 5) is 0. The van der Waals surface area contributed by atoms with Crippen molar-refractivity contribution in [2.75, 3.05) is 0 Å². The molecule has 0 spiro atoms. The van der Waals surface area contributed by atoms with Crippen LogP contribution in [0.1, 0.15) is 62.6 Å². The molecule has 1 atom stereocenters. The van der Waals surface area contributed by atoms with Gasteiger partial charge in [-0.05, 0) is 51.2 Å². The Morgan fingerprint density at radius 3 is 2.44 bits per heavy atom. The molecule has 2 nitrogen and oxygen atoms in total. The summed E-state index contributed by atoms with van der Waals surface area (Å²) in [7, 11) is 0. The van der Waals surface area contributed by atoms with E-state index in [2.05, 4.69) is 25.1 Å². The van der Waals surface area contributed by atoms with Crippen LogP contribution < -0.4 is 10.5 Å². The van der Waals surface area contributed by atoms with Crippen molar-refractivity contribution in [3.63, 3.8) is 0 Å². The van der Waals surface area contributed by atoms with E-state index in [0.29, 0.717) is 6.10 Å². The van der Waals surface area contributed by atoms with Gasteiger partial charge in [-0.1, -0.05) is 25.0 Å². The van der Waals surface area contributed by atoms with Gasteiger partial charge in [0.15, 0.2) is 0 Å². The Balaban J connectivity index is 2.13. The third kappa shape index (κ3) is 3.49. The molecule has 0 aliphatic heterocycles. The van der Waals surface area contributed by atoms with E-state index in [-0.39, 0.29) is 6.04 Å². The van der Waals surface area contributed by atoms with Crippen molar-refractivity contribution in [2.24, 2.45) is 5.73 Å². The van der Waals surface area contributed by atoms with E-state index in [9.17, 15) is 0 Å². The maximum Gasteiger partial charge on any atom is 0.124 e. The standard InChI is InChI=1S/C16H25NO/c1-12-9-10-15(13(2)17)16(11-12)18-14-7-5-3-4-6-8-14/h9-11,13-14H,3-8,17H2,1-2H3/t13-/m0/s1. The van der Waals surface area contributed by atoms with Crippen LogP contribution in [-0.4, -0.2) is 6.10 Å². The van der Waals surface area contributed by atoms with Crippen molar-refractivity contribution < 1.29 is 4.74 Å². The highest BCUT2D eigenvalue weighted by atomic mass is 16.5. The Morgan fingerprint density at radius 1 is 1.17 bits per heavy atom. The maximum absolute atomic E-state index is 6.23. The van der Waals surface area contributed by atoms with Gasteiger partial charge in [-0.2, -0.15) is 0 Å². The summed E-state index contributed by atoms with van der Waals surface area (Å²) >= 11 is 0. The second-order valence-corrected chi connectivity index (χ2v) is 5.56. The van der Waals surface area contributed by atoms with Crippen LogP contribution in [0.4, 0.5) is 0 Å². The SMILES string of the molecule is Cc1ccc([C@H](C)N)c(OC2CCCCCC2)c1. The summed E-state index contributed by atoms with van der Waals surface area (Å²) in [5.74, 6) is 0.997. The zero-order valence-electron chi connectivity index (χ0n) is 11.6. The monoisotopic (exact) mass is 247 g/mol. The highest BCUT2D eigenvalue weighted by Crippen LogP contribution is 2.29. The highest BCUT2D eigenvalue weighted by Gasteiger charge is 2.16. The fourth-order valence-corrected chi connectivity index (χ4v) is 2.66. The summed E-state index contributed by atoms with van der Waals surface area (Å²) in [5.41, 5.74) is 8.39. The van der Waals surface area contributed by atoms with Gasteiger partial charge in [-0.25, -0.2) is 0 Å². The van der Waals surface area contributed by atoms with Crippen molar-refractivity contribution in [2.45, 2.75) is 64.5 Å². The number of hydrogen-bond donors (Lipinski definition) is 1. The molecule has 0 heterocycles. The van der Waals surface area contributed by atoms with Gasteiger partial charge in [0.05, 0.1) is 6.10 Å².